The average Bonchev–Trinajstić information content (AvgIpc) is 3.07. The number of hydrogen-bond acceptors (Lipinski definition) is 6. The highest BCUT2D eigenvalue weighted by molar-refractivity contribution is 5.85. The molecule has 2 fully saturated rings. The van der Waals surface area contributed by atoms with Gasteiger partial charge in [0.05, 0.1) is 6.10 Å². The average molecular weight is 395 g/mol. The summed E-state index contributed by atoms with van der Waals surface area (Å²) in [5.41, 5.74) is 0. The Kier molecular flexibility index (Phi) is 9.67. The fourth-order valence-electron chi connectivity index (χ4n) is 3.65. The van der Waals surface area contributed by atoms with Crippen LogP contribution in [0.2, 0.25) is 0 Å². The maximum atomic E-state index is 10.5. The van der Waals surface area contributed by atoms with Gasteiger partial charge in [0, 0.05) is 18.4 Å². The molecule has 1 aromatic heterocycles. The van der Waals surface area contributed by atoms with E-state index in [0.717, 1.165) is 70.1 Å². The number of β-amino-alcohol motifs (C(OH)–C–C–N with tert-alkyl or cyclic N) is 1. The third-order valence-corrected chi connectivity index (χ3v) is 5.28. The molecule has 1 unspecified atom stereocenters. The number of hydrogen-bond donors (Lipinski definition) is 2. The Morgan fingerprint density at radius 1 is 1.16 bits per heavy atom. The molecule has 0 radical (unpaired) electrons. The van der Waals surface area contributed by atoms with E-state index in [1.807, 2.05) is 0 Å². The van der Waals surface area contributed by atoms with Crippen LogP contribution in [-0.4, -0.2) is 59.0 Å². The number of piperidine rings is 2. The van der Waals surface area contributed by atoms with E-state index in [-0.39, 0.29) is 30.9 Å². The Bertz CT molecular complexity index is 487. The standard InChI is InChI=1S/C17H30N4O2.2ClH/c1-12(2)16-19-17(23-20-16)14-5-9-21(10-6-14)11-15(22)13-3-7-18-8-4-13;;/h12-15,18,22H,3-11H2,1-2H3;2*1H. The zero-order chi connectivity index (χ0) is 16.2. The third kappa shape index (κ3) is 6.07. The number of likely N-dealkylation sites (tertiary alicyclic amines) is 1. The van der Waals surface area contributed by atoms with E-state index < -0.39 is 0 Å². The summed E-state index contributed by atoms with van der Waals surface area (Å²) in [6.45, 7) is 9.06. The Hall–Kier alpha value is -0.400. The first-order valence-electron chi connectivity index (χ1n) is 9.08. The predicted octanol–water partition coefficient (Wildman–Crippen LogP) is 2.58. The summed E-state index contributed by atoms with van der Waals surface area (Å²) in [5.74, 6) is 2.75. The van der Waals surface area contributed by atoms with Gasteiger partial charge in [-0.15, -0.1) is 24.8 Å². The quantitative estimate of drug-likeness (QED) is 0.798. The number of aliphatic hydroxyl groups excluding tert-OH is 1. The van der Waals surface area contributed by atoms with Crippen molar-refractivity contribution in [3.8, 4) is 0 Å². The van der Waals surface area contributed by atoms with E-state index in [4.69, 9.17) is 4.52 Å². The van der Waals surface area contributed by atoms with Crippen molar-refractivity contribution in [2.45, 2.75) is 57.5 Å². The summed E-state index contributed by atoms with van der Waals surface area (Å²) >= 11 is 0. The molecule has 0 aromatic carbocycles. The number of nitrogens with one attached hydrogen (secondary N) is 1. The summed E-state index contributed by atoms with van der Waals surface area (Å²) in [6.07, 6.45) is 4.08. The molecule has 0 aliphatic carbocycles. The molecular formula is C17H32Cl2N4O2. The van der Waals surface area contributed by atoms with Gasteiger partial charge < -0.3 is 19.8 Å². The van der Waals surface area contributed by atoms with Crippen molar-refractivity contribution in [2.75, 3.05) is 32.7 Å². The van der Waals surface area contributed by atoms with Crippen molar-refractivity contribution in [3.05, 3.63) is 11.7 Å². The molecular weight excluding hydrogens is 363 g/mol. The minimum atomic E-state index is -0.190. The number of rotatable bonds is 5. The summed E-state index contributed by atoms with van der Waals surface area (Å²) in [6, 6.07) is 0. The van der Waals surface area contributed by atoms with E-state index in [1.165, 1.54) is 0 Å². The molecule has 2 aliphatic rings. The van der Waals surface area contributed by atoms with Gasteiger partial charge >= 0.3 is 0 Å². The lowest BCUT2D eigenvalue weighted by molar-refractivity contribution is 0.0414. The number of aromatic nitrogens is 2. The van der Waals surface area contributed by atoms with Gasteiger partial charge in [0.1, 0.15) is 0 Å². The Morgan fingerprint density at radius 3 is 2.36 bits per heavy atom. The molecule has 2 aliphatic heterocycles. The molecule has 0 bridgehead atoms. The molecule has 0 saturated carbocycles. The monoisotopic (exact) mass is 394 g/mol. The van der Waals surface area contributed by atoms with Crippen molar-refractivity contribution in [3.63, 3.8) is 0 Å². The highest BCUT2D eigenvalue weighted by atomic mass is 35.5. The Balaban J connectivity index is 0.00000156. The van der Waals surface area contributed by atoms with Crippen LogP contribution in [0.5, 0.6) is 0 Å². The molecule has 0 amide bonds. The highest BCUT2D eigenvalue weighted by Gasteiger charge is 2.28. The molecule has 146 valence electrons. The van der Waals surface area contributed by atoms with E-state index in [0.29, 0.717) is 17.8 Å². The van der Waals surface area contributed by atoms with Crippen LogP contribution in [0.15, 0.2) is 4.52 Å². The molecule has 25 heavy (non-hydrogen) atoms. The smallest absolute Gasteiger partial charge is 0.229 e. The van der Waals surface area contributed by atoms with Crippen LogP contribution in [-0.2, 0) is 0 Å². The van der Waals surface area contributed by atoms with Crippen LogP contribution < -0.4 is 5.32 Å². The molecule has 3 heterocycles. The second-order valence-electron chi connectivity index (χ2n) is 7.38. The largest absolute Gasteiger partial charge is 0.392 e. The van der Waals surface area contributed by atoms with Crippen molar-refractivity contribution in [2.24, 2.45) is 5.92 Å². The molecule has 2 N–H and O–H groups in total. The molecule has 6 nitrogen and oxygen atoms in total. The second kappa shape index (κ2) is 10.7. The molecule has 3 rings (SSSR count). The van der Waals surface area contributed by atoms with Gasteiger partial charge in [0.15, 0.2) is 5.82 Å². The molecule has 1 aromatic rings. The van der Waals surface area contributed by atoms with Crippen molar-refractivity contribution in [1.82, 2.24) is 20.4 Å². The Labute approximate surface area is 162 Å². The van der Waals surface area contributed by atoms with Crippen LogP contribution in [0.1, 0.15) is 63.1 Å². The van der Waals surface area contributed by atoms with Crippen molar-refractivity contribution >= 4 is 24.8 Å². The first-order chi connectivity index (χ1) is 11.1. The maximum absolute atomic E-state index is 10.5. The van der Waals surface area contributed by atoms with Gasteiger partial charge in [-0.05, 0) is 57.8 Å². The first kappa shape index (κ1) is 22.6. The van der Waals surface area contributed by atoms with Gasteiger partial charge in [-0.1, -0.05) is 19.0 Å². The van der Waals surface area contributed by atoms with E-state index >= 15 is 0 Å². The Morgan fingerprint density at radius 2 is 1.80 bits per heavy atom. The third-order valence-electron chi connectivity index (χ3n) is 5.28. The van der Waals surface area contributed by atoms with Gasteiger partial charge in [-0.3, -0.25) is 0 Å². The normalized spacial score (nSPS) is 21.6. The predicted molar refractivity (Wildman–Crippen MR) is 103 cm³/mol. The highest BCUT2D eigenvalue weighted by Crippen LogP contribution is 2.28. The van der Waals surface area contributed by atoms with Crippen molar-refractivity contribution < 1.29 is 9.63 Å². The van der Waals surface area contributed by atoms with Crippen molar-refractivity contribution in [1.29, 1.82) is 0 Å². The lowest BCUT2D eigenvalue weighted by Crippen LogP contribution is -2.43. The van der Waals surface area contributed by atoms with Crippen LogP contribution in [0.3, 0.4) is 0 Å². The van der Waals surface area contributed by atoms with Gasteiger partial charge in [-0.2, -0.15) is 4.98 Å². The second-order valence-corrected chi connectivity index (χ2v) is 7.38. The number of halogens is 2. The zero-order valence-corrected chi connectivity index (χ0v) is 16.8. The van der Waals surface area contributed by atoms with Crippen LogP contribution in [0.25, 0.3) is 0 Å². The minimum absolute atomic E-state index is 0. The van der Waals surface area contributed by atoms with E-state index in [2.05, 4.69) is 34.2 Å². The first-order valence-corrected chi connectivity index (χ1v) is 9.08. The van der Waals surface area contributed by atoms with Crippen LogP contribution in [0.4, 0.5) is 0 Å². The van der Waals surface area contributed by atoms with Gasteiger partial charge in [0.25, 0.3) is 0 Å². The molecule has 0 spiro atoms. The molecule has 2 saturated heterocycles. The minimum Gasteiger partial charge on any atom is -0.392 e. The van der Waals surface area contributed by atoms with E-state index in [9.17, 15) is 5.11 Å². The lowest BCUT2D eigenvalue weighted by atomic mass is 9.90. The summed E-state index contributed by atoms with van der Waals surface area (Å²) in [4.78, 5) is 6.93. The summed E-state index contributed by atoms with van der Waals surface area (Å²) in [7, 11) is 0. The zero-order valence-electron chi connectivity index (χ0n) is 15.2. The maximum Gasteiger partial charge on any atom is 0.229 e. The fourth-order valence-corrected chi connectivity index (χ4v) is 3.65. The van der Waals surface area contributed by atoms with Gasteiger partial charge in [0.2, 0.25) is 5.89 Å². The van der Waals surface area contributed by atoms with Crippen LogP contribution in [0, 0.1) is 5.92 Å². The lowest BCUT2D eigenvalue weighted by Gasteiger charge is -2.35. The number of nitrogens with zero attached hydrogens (tertiary/aromatic N) is 3. The van der Waals surface area contributed by atoms with Crippen LogP contribution >= 0.6 is 24.8 Å². The fraction of sp³-hybridized carbons (Fsp3) is 0.882. The summed E-state index contributed by atoms with van der Waals surface area (Å²) in [5, 5.41) is 17.9. The van der Waals surface area contributed by atoms with Gasteiger partial charge in [-0.25, -0.2) is 0 Å². The topological polar surface area (TPSA) is 74.4 Å². The number of aliphatic hydroxyl groups is 1. The van der Waals surface area contributed by atoms with E-state index in [1.54, 1.807) is 0 Å². The molecule has 8 heteroatoms. The summed E-state index contributed by atoms with van der Waals surface area (Å²) < 4.78 is 5.44. The molecule has 1 atom stereocenters. The SMILES string of the molecule is CC(C)c1noc(C2CCN(CC(O)C3CCNCC3)CC2)n1.Cl.Cl.